The number of hydrogen-bond donors (Lipinski definition) is 0. The van der Waals surface area contributed by atoms with Gasteiger partial charge in [0.25, 0.3) is 5.69 Å². The molecule has 0 bridgehead atoms. The van der Waals surface area contributed by atoms with Crippen LogP contribution in [0.25, 0.3) is 0 Å². The van der Waals surface area contributed by atoms with E-state index in [4.69, 9.17) is 0 Å². The molecule has 0 fully saturated rings. The van der Waals surface area contributed by atoms with Crippen LogP contribution in [0.2, 0.25) is 0 Å². The van der Waals surface area contributed by atoms with Gasteiger partial charge in [-0.05, 0) is 18.2 Å². The van der Waals surface area contributed by atoms with Crippen LogP contribution in [0.4, 0.5) is 15.8 Å². The predicted molar refractivity (Wildman–Crippen MR) is 77.3 cm³/mol. The van der Waals surface area contributed by atoms with Crippen LogP contribution in [0, 0.1) is 26.0 Å². The van der Waals surface area contributed by atoms with Gasteiger partial charge in [0, 0.05) is 33.8 Å². The summed E-state index contributed by atoms with van der Waals surface area (Å²) in [4.78, 5) is 32.2. The Morgan fingerprint density at radius 3 is 2.32 bits per heavy atom. The number of rotatable bonds is 4. The fourth-order valence-electron chi connectivity index (χ4n) is 1.75. The summed E-state index contributed by atoms with van der Waals surface area (Å²) in [6.45, 7) is 0. The molecule has 0 saturated heterocycles. The molecular weight excluding hydrogens is 363 g/mol. The highest BCUT2D eigenvalue weighted by atomic mass is 79.9. The average molecular weight is 369 g/mol. The van der Waals surface area contributed by atoms with Gasteiger partial charge in [-0.25, -0.2) is 0 Å². The van der Waals surface area contributed by atoms with Crippen molar-refractivity contribution in [2.45, 2.75) is 0 Å². The summed E-state index contributed by atoms with van der Waals surface area (Å²) >= 11 is 3.09. The Labute approximate surface area is 130 Å². The Morgan fingerprint density at radius 2 is 1.73 bits per heavy atom. The Balaban J connectivity index is 2.53. The van der Waals surface area contributed by atoms with Gasteiger partial charge in [-0.1, -0.05) is 15.9 Å². The summed E-state index contributed by atoms with van der Waals surface area (Å²) in [7, 11) is 0. The van der Waals surface area contributed by atoms with Crippen molar-refractivity contribution in [3.05, 3.63) is 78.0 Å². The van der Waals surface area contributed by atoms with E-state index in [1.165, 1.54) is 12.1 Å². The van der Waals surface area contributed by atoms with Crippen molar-refractivity contribution in [3.8, 4) is 0 Å². The maximum absolute atomic E-state index is 13.3. The molecule has 2 aromatic carbocycles. The van der Waals surface area contributed by atoms with E-state index >= 15 is 0 Å². The molecule has 0 aliphatic heterocycles. The third-order valence-corrected chi connectivity index (χ3v) is 3.50. The van der Waals surface area contributed by atoms with Crippen molar-refractivity contribution >= 4 is 33.1 Å². The summed E-state index contributed by atoms with van der Waals surface area (Å²) in [5, 5.41) is 21.5. The summed E-state index contributed by atoms with van der Waals surface area (Å²) in [5.41, 5.74) is -1.33. The summed E-state index contributed by atoms with van der Waals surface area (Å²) < 4.78 is 13.6. The van der Waals surface area contributed by atoms with Crippen LogP contribution in [-0.4, -0.2) is 15.6 Å². The van der Waals surface area contributed by atoms with Gasteiger partial charge in [-0.3, -0.25) is 25.0 Å². The minimum Gasteiger partial charge on any atom is -0.289 e. The molecule has 9 heteroatoms. The van der Waals surface area contributed by atoms with Crippen molar-refractivity contribution in [2.75, 3.05) is 0 Å². The van der Waals surface area contributed by atoms with Gasteiger partial charge in [0.2, 0.25) is 5.82 Å². The number of nitro benzene ring substituents is 2. The van der Waals surface area contributed by atoms with E-state index < -0.39 is 27.1 Å². The van der Waals surface area contributed by atoms with Crippen molar-refractivity contribution in [3.63, 3.8) is 0 Å². The van der Waals surface area contributed by atoms with E-state index in [2.05, 4.69) is 15.9 Å². The van der Waals surface area contributed by atoms with Crippen LogP contribution in [0.1, 0.15) is 15.9 Å². The van der Waals surface area contributed by atoms with Crippen LogP contribution in [0.15, 0.2) is 40.9 Å². The highest BCUT2D eigenvalue weighted by Gasteiger charge is 2.21. The zero-order chi connectivity index (χ0) is 16.4. The van der Waals surface area contributed by atoms with Crippen molar-refractivity contribution in [2.24, 2.45) is 0 Å². The van der Waals surface area contributed by atoms with Gasteiger partial charge in [0.1, 0.15) is 0 Å². The van der Waals surface area contributed by atoms with E-state index in [0.29, 0.717) is 0 Å². The molecule has 0 aliphatic carbocycles. The molecule has 0 aromatic heterocycles. The fourth-order valence-corrected chi connectivity index (χ4v) is 2.18. The van der Waals surface area contributed by atoms with E-state index in [1.54, 1.807) is 0 Å². The molecule has 0 saturated carbocycles. The molecule has 2 rings (SSSR count). The first-order chi connectivity index (χ1) is 10.3. The van der Waals surface area contributed by atoms with Gasteiger partial charge < -0.3 is 0 Å². The highest BCUT2D eigenvalue weighted by Crippen LogP contribution is 2.27. The van der Waals surface area contributed by atoms with E-state index in [0.717, 1.165) is 24.3 Å². The second-order valence-electron chi connectivity index (χ2n) is 4.17. The number of halogens is 2. The van der Waals surface area contributed by atoms with E-state index in [1.807, 2.05) is 0 Å². The molecular formula is C13H6BrFN2O5. The number of non-ortho nitro benzene ring substituents is 1. The number of nitrogens with zero attached hydrogens (tertiary/aromatic N) is 2. The normalized spacial score (nSPS) is 10.3. The molecule has 0 atom stereocenters. The van der Waals surface area contributed by atoms with Crippen LogP contribution in [0.5, 0.6) is 0 Å². The largest absolute Gasteiger partial charge is 0.305 e. The number of carbonyl (C=O) groups is 1. The van der Waals surface area contributed by atoms with Crippen LogP contribution < -0.4 is 0 Å². The lowest BCUT2D eigenvalue weighted by molar-refractivity contribution is -0.387. The number of benzene rings is 2. The molecule has 2 aromatic rings. The Morgan fingerprint density at radius 1 is 1.05 bits per heavy atom. The van der Waals surface area contributed by atoms with Gasteiger partial charge >= 0.3 is 5.69 Å². The van der Waals surface area contributed by atoms with Crippen molar-refractivity contribution in [1.29, 1.82) is 0 Å². The Hall–Kier alpha value is -2.68. The standard InChI is InChI=1S/C13H6BrFN2O5/c14-10-3-2-8(16(19)20)6-9(10)13(18)7-1-4-11(15)12(5-7)17(21)22/h1-6H. The zero-order valence-electron chi connectivity index (χ0n) is 10.7. The van der Waals surface area contributed by atoms with Crippen molar-refractivity contribution in [1.82, 2.24) is 0 Å². The summed E-state index contributed by atoms with van der Waals surface area (Å²) in [6, 6.07) is 6.24. The maximum atomic E-state index is 13.3. The Bertz CT molecular complexity index is 809. The van der Waals surface area contributed by atoms with E-state index in [-0.39, 0.29) is 21.3 Å². The lowest BCUT2D eigenvalue weighted by atomic mass is 10.0. The van der Waals surface area contributed by atoms with Crippen molar-refractivity contribution < 1.29 is 19.0 Å². The molecule has 0 amide bonds. The number of nitro groups is 2. The topological polar surface area (TPSA) is 103 Å². The first-order valence-electron chi connectivity index (χ1n) is 5.74. The fraction of sp³-hybridized carbons (Fsp3) is 0. The average Bonchev–Trinajstić information content (AvgIpc) is 2.47. The maximum Gasteiger partial charge on any atom is 0.305 e. The molecule has 0 spiro atoms. The quantitative estimate of drug-likeness (QED) is 0.465. The minimum absolute atomic E-state index is 0.0462. The van der Waals surface area contributed by atoms with Crippen LogP contribution in [0.3, 0.4) is 0 Å². The van der Waals surface area contributed by atoms with Gasteiger partial charge in [0.05, 0.1) is 9.85 Å². The van der Waals surface area contributed by atoms with Gasteiger partial charge in [0.15, 0.2) is 5.78 Å². The molecule has 0 radical (unpaired) electrons. The monoisotopic (exact) mass is 368 g/mol. The minimum atomic E-state index is -1.07. The smallest absolute Gasteiger partial charge is 0.289 e. The SMILES string of the molecule is O=C(c1ccc(F)c([N+](=O)[O-])c1)c1cc([N+](=O)[O-])ccc1Br. The number of carbonyl (C=O) groups excluding carboxylic acids is 1. The number of ketones is 1. The lowest BCUT2D eigenvalue weighted by Crippen LogP contribution is -2.05. The molecule has 0 aliphatic rings. The summed E-state index contributed by atoms with van der Waals surface area (Å²) in [6.07, 6.45) is 0. The Kier molecular flexibility index (Phi) is 4.27. The van der Waals surface area contributed by atoms with Crippen LogP contribution >= 0.6 is 15.9 Å². The second-order valence-corrected chi connectivity index (χ2v) is 5.03. The third kappa shape index (κ3) is 2.98. The van der Waals surface area contributed by atoms with Gasteiger partial charge in [-0.15, -0.1) is 0 Å². The molecule has 22 heavy (non-hydrogen) atoms. The first-order valence-corrected chi connectivity index (χ1v) is 6.53. The van der Waals surface area contributed by atoms with Gasteiger partial charge in [-0.2, -0.15) is 4.39 Å². The highest BCUT2D eigenvalue weighted by molar-refractivity contribution is 9.10. The molecule has 0 unspecified atom stereocenters. The molecule has 0 N–H and O–H groups in total. The third-order valence-electron chi connectivity index (χ3n) is 2.81. The summed E-state index contributed by atoms with van der Waals surface area (Å²) in [5.74, 6) is -1.77. The lowest BCUT2D eigenvalue weighted by Gasteiger charge is -2.04. The zero-order valence-corrected chi connectivity index (χ0v) is 12.2. The van der Waals surface area contributed by atoms with E-state index in [9.17, 15) is 29.4 Å². The van der Waals surface area contributed by atoms with Crippen LogP contribution in [-0.2, 0) is 0 Å². The molecule has 112 valence electrons. The predicted octanol–water partition coefficient (Wildman–Crippen LogP) is 3.64. The second kappa shape index (κ2) is 5.98. The molecule has 7 nitrogen and oxygen atoms in total. The first kappa shape index (κ1) is 15.7. The number of hydrogen-bond acceptors (Lipinski definition) is 5. The molecule has 0 heterocycles.